The number of nitrogens with one attached hydrogen (secondary N) is 1. The Kier molecular flexibility index (Phi) is 9.85. The topological polar surface area (TPSA) is 87.2 Å². The molecule has 1 saturated heterocycles. The number of aromatic nitrogens is 2. The second kappa shape index (κ2) is 13.7. The minimum Gasteiger partial charge on any atom is -0.487 e. The van der Waals surface area contributed by atoms with Gasteiger partial charge in [0.05, 0.1) is 17.0 Å². The van der Waals surface area contributed by atoms with Crippen molar-refractivity contribution in [1.29, 1.82) is 5.26 Å². The summed E-state index contributed by atoms with van der Waals surface area (Å²) in [6.45, 7) is 5.70. The SMILES string of the molecule is CNC.Cc1c(OCc2ccc(C#N)cn2)ccc2c(CCC3CCN(Cc4ccccc4)CC3)noc12. The predicted octanol–water partition coefficient (Wildman–Crippen LogP) is 5.66. The number of fused-ring (bicyclic) bond motifs is 1. The summed E-state index contributed by atoms with van der Waals surface area (Å²) in [5.41, 5.74) is 5.49. The highest BCUT2D eigenvalue weighted by atomic mass is 16.5. The van der Waals surface area contributed by atoms with E-state index in [-0.39, 0.29) is 0 Å². The molecular formula is C31H37N5O2. The van der Waals surface area contributed by atoms with Crippen LogP contribution in [0.15, 0.2) is 65.3 Å². The van der Waals surface area contributed by atoms with Gasteiger partial charge < -0.3 is 14.6 Å². The molecule has 2 aromatic heterocycles. The zero-order valence-corrected chi connectivity index (χ0v) is 22.6. The van der Waals surface area contributed by atoms with Crippen molar-refractivity contribution >= 4 is 11.0 Å². The van der Waals surface area contributed by atoms with Crippen molar-refractivity contribution in [2.45, 2.75) is 45.8 Å². The summed E-state index contributed by atoms with van der Waals surface area (Å²) in [4.78, 5) is 6.83. The van der Waals surface area contributed by atoms with Gasteiger partial charge in [0.2, 0.25) is 0 Å². The lowest BCUT2D eigenvalue weighted by Crippen LogP contribution is -2.33. The Hall–Kier alpha value is -3.73. The first-order valence-corrected chi connectivity index (χ1v) is 13.3. The van der Waals surface area contributed by atoms with Crippen LogP contribution in [0.1, 0.15) is 47.3 Å². The Morgan fingerprint density at radius 1 is 1.08 bits per heavy atom. The van der Waals surface area contributed by atoms with Crippen LogP contribution in [0.4, 0.5) is 0 Å². The Labute approximate surface area is 225 Å². The van der Waals surface area contributed by atoms with Crippen molar-refractivity contribution in [3.05, 3.63) is 88.9 Å². The lowest BCUT2D eigenvalue weighted by Gasteiger charge is -2.31. The van der Waals surface area contributed by atoms with Gasteiger partial charge in [0, 0.05) is 23.7 Å². The zero-order valence-electron chi connectivity index (χ0n) is 22.6. The monoisotopic (exact) mass is 511 g/mol. The van der Waals surface area contributed by atoms with Gasteiger partial charge in [-0.15, -0.1) is 0 Å². The van der Waals surface area contributed by atoms with Crippen LogP contribution in [0.2, 0.25) is 0 Å². The van der Waals surface area contributed by atoms with Crippen LogP contribution in [-0.4, -0.2) is 42.2 Å². The molecule has 198 valence electrons. The lowest BCUT2D eigenvalue weighted by atomic mass is 9.91. The summed E-state index contributed by atoms with van der Waals surface area (Å²) >= 11 is 0. The Bertz CT molecular complexity index is 1320. The van der Waals surface area contributed by atoms with Crippen LogP contribution in [0, 0.1) is 24.2 Å². The smallest absolute Gasteiger partial charge is 0.173 e. The zero-order chi connectivity index (χ0) is 26.7. The third-order valence-electron chi connectivity index (χ3n) is 6.99. The molecular weight excluding hydrogens is 474 g/mol. The molecule has 0 saturated carbocycles. The Balaban J connectivity index is 0.00000107. The lowest BCUT2D eigenvalue weighted by molar-refractivity contribution is 0.172. The second-order valence-corrected chi connectivity index (χ2v) is 9.88. The van der Waals surface area contributed by atoms with Crippen molar-refractivity contribution in [1.82, 2.24) is 20.4 Å². The van der Waals surface area contributed by atoms with Gasteiger partial charge in [-0.3, -0.25) is 9.88 Å². The van der Waals surface area contributed by atoms with E-state index in [9.17, 15) is 0 Å². The molecule has 0 bridgehead atoms. The fraction of sp³-hybridized carbons (Fsp3) is 0.387. The van der Waals surface area contributed by atoms with Gasteiger partial charge >= 0.3 is 0 Å². The molecule has 1 fully saturated rings. The molecule has 0 aliphatic carbocycles. The molecule has 0 unspecified atom stereocenters. The third-order valence-corrected chi connectivity index (χ3v) is 6.99. The summed E-state index contributed by atoms with van der Waals surface area (Å²) in [5.74, 6) is 1.49. The molecule has 0 radical (unpaired) electrons. The molecule has 7 nitrogen and oxygen atoms in total. The molecule has 0 spiro atoms. The van der Waals surface area contributed by atoms with E-state index in [4.69, 9.17) is 14.5 Å². The van der Waals surface area contributed by atoms with Crippen LogP contribution in [0.5, 0.6) is 5.75 Å². The van der Waals surface area contributed by atoms with Crippen LogP contribution < -0.4 is 10.1 Å². The summed E-state index contributed by atoms with van der Waals surface area (Å²) in [6.07, 6.45) is 6.12. The molecule has 3 heterocycles. The molecule has 0 amide bonds. The number of nitriles is 1. The molecule has 5 rings (SSSR count). The maximum atomic E-state index is 8.91. The van der Waals surface area contributed by atoms with Crippen molar-refractivity contribution in [2.75, 3.05) is 27.2 Å². The number of pyridine rings is 1. The number of benzene rings is 2. The van der Waals surface area contributed by atoms with Gasteiger partial charge in [-0.1, -0.05) is 35.5 Å². The van der Waals surface area contributed by atoms with E-state index in [0.717, 1.165) is 72.1 Å². The standard InChI is InChI=1S/C29H30N4O2.C2H7N/c1-21-28(34-20-25-9-7-24(17-30)18-31-25)12-10-26-27(32-35-29(21)26)11-8-22-13-15-33(16-14-22)19-23-5-3-2-4-6-23;1-3-2/h2-7,9-10,12,18,22H,8,11,13-16,19-20H2,1H3;3H,1-2H3. The number of likely N-dealkylation sites (tertiary alicyclic amines) is 1. The van der Waals surface area contributed by atoms with Gasteiger partial charge in [0.1, 0.15) is 18.4 Å². The summed E-state index contributed by atoms with van der Waals surface area (Å²) in [5, 5.41) is 17.1. The van der Waals surface area contributed by atoms with E-state index in [1.807, 2.05) is 33.2 Å². The van der Waals surface area contributed by atoms with Crippen molar-refractivity contribution in [3.63, 3.8) is 0 Å². The minimum absolute atomic E-state index is 0.335. The van der Waals surface area contributed by atoms with E-state index in [1.54, 1.807) is 12.3 Å². The number of ether oxygens (including phenoxy) is 1. The number of hydrogen-bond acceptors (Lipinski definition) is 7. The average molecular weight is 512 g/mol. The number of hydrogen-bond donors (Lipinski definition) is 1. The van der Waals surface area contributed by atoms with Gasteiger partial charge in [0.25, 0.3) is 0 Å². The van der Waals surface area contributed by atoms with Crippen molar-refractivity contribution < 1.29 is 9.26 Å². The van der Waals surface area contributed by atoms with E-state index >= 15 is 0 Å². The first kappa shape index (κ1) is 27.3. The molecule has 4 aromatic rings. The van der Waals surface area contributed by atoms with Gasteiger partial charge in [-0.2, -0.15) is 5.26 Å². The highest BCUT2D eigenvalue weighted by molar-refractivity contribution is 5.84. The van der Waals surface area contributed by atoms with E-state index < -0.39 is 0 Å². The molecule has 0 atom stereocenters. The highest BCUT2D eigenvalue weighted by Gasteiger charge is 2.21. The van der Waals surface area contributed by atoms with Crippen molar-refractivity contribution in [3.8, 4) is 11.8 Å². The van der Waals surface area contributed by atoms with Gasteiger partial charge in [-0.25, -0.2) is 0 Å². The number of aryl methyl sites for hydroxylation is 2. The molecule has 38 heavy (non-hydrogen) atoms. The highest BCUT2D eigenvalue weighted by Crippen LogP contribution is 2.31. The molecule has 1 aliphatic heterocycles. The summed E-state index contributed by atoms with van der Waals surface area (Å²) in [7, 11) is 3.75. The van der Waals surface area contributed by atoms with E-state index in [1.165, 1.54) is 18.4 Å². The van der Waals surface area contributed by atoms with Crippen molar-refractivity contribution in [2.24, 2.45) is 5.92 Å². The molecule has 7 heteroatoms. The maximum absolute atomic E-state index is 8.91. The van der Waals surface area contributed by atoms with E-state index in [2.05, 4.69) is 62.8 Å². The van der Waals surface area contributed by atoms with Gasteiger partial charge in [0.15, 0.2) is 5.58 Å². The first-order chi connectivity index (χ1) is 18.6. The number of piperidine rings is 1. The average Bonchev–Trinajstić information content (AvgIpc) is 3.37. The first-order valence-electron chi connectivity index (χ1n) is 13.3. The molecule has 1 N–H and O–H groups in total. The summed E-state index contributed by atoms with van der Waals surface area (Å²) < 4.78 is 11.7. The second-order valence-electron chi connectivity index (χ2n) is 9.88. The molecule has 1 aliphatic rings. The number of nitrogens with zero attached hydrogens (tertiary/aromatic N) is 4. The number of rotatable bonds is 8. The normalized spacial score (nSPS) is 14.1. The van der Waals surface area contributed by atoms with Crippen LogP contribution in [-0.2, 0) is 19.6 Å². The minimum atomic E-state index is 0.335. The van der Waals surface area contributed by atoms with Crippen LogP contribution in [0.25, 0.3) is 11.0 Å². The predicted molar refractivity (Wildman–Crippen MR) is 150 cm³/mol. The Morgan fingerprint density at radius 3 is 2.53 bits per heavy atom. The van der Waals surface area contributed by atoms with Crippen LogP contribution >= 0.6 is 0 Å². The summed E-state index contributed by atoms with van der Waals surface area (Å²) in [6, 6.07) is 20.4. The Morgan fingerprint density at radius 2 is 1.84 bits per heavy atom. The maximum Gasteiger partial charge on any atom is 0.173 e. The third kappa shape index (κ3) is 7.18. The van der Waals surface area contributed by atoms with Gasteiger partial charge in [-0.05, 0) is 95.5 Å². The largest absolute Gasteiger partial charge is 0.487 e. The van der Waals surface area contributed by atoms with E-state index in [0.29, 0.717) is 12.2 Å². The molecule has 2 aromatic carbocycles. The fourth-order valence-electron chi connectivity index (χ4n) is 4.85. The van der Waals surface area contributed by atoms with Crippen LogP contribution in [0.3, 0.4) is 0 Å². The fourth-order valence-corrected chi connectivity index (χ4v) is 4.85. The quantitative estimate of drug-likeness (QED) is 0.326.